The van der Waals surface area contributed by atoms with E-state index in [2.05, 4.69) is 30.2 Å². The van der Waals surface area contributed by atoms with Gasteiger partial charge in [-0.25, -0.2) is 19.9 Å². The van der Waals surface area contributed by atoms with E-state index in [4.69, 9.17) is 5.26 Å². The van der Waals surface area contributed by atoms with Crippen molar-refractivity contribution >= 4 is 17.6 Å². The van der Waals surface area contributed by atoms with Gasteiger partial charge < -0.3 is 15.1 Å². The second-order valence-corrected chi connectivity index (χ2v) is 5.59. The minimum absolute atomic E-state index is 0.259. The van der Waals surface area contributed by atoms with E-state index in [1.807, 2.05) is 31.1 Å². The van der Waals surface area contributed by atoms with Crippen LogP contribution in [0.25, 0.3) is 0 Å². The maximum Gasteiger partial charge on any atom is 0.226 e. The molecule has 2 aromatic rings. The fraction of sp³-hybridized carbons (Fsp3) is 0.400. The van der Waals surface area contributed by atoms with Crippen LogP contribution in [0.15, 0.2) is 24.7 Å². The van der Waals surface area contributed by atoms with E-state index in [0.29, 0.717) is 11.6 Å². The molecule has 118 valence electrons. The first-order valence-electron chi connectivity index (χ1n) is 7.39. The predicted molar refractivity (Wildman–Crippen MR) is 87.3 cm³/mol. The van der Waals surface area contributed by atoms with Gasteiger partial charge in [0.2, 0.25) is 5.95 Å². The summed E-state index contributed by atoms with van der Waals surface area (Å²) in [5, 5.41) is 12.4. The summed E-state index contributed by atoms with van der Waals surface area (Å²) >= 11 is 0. The van der Waals surface area contributed by atoms with E-state index in [0.717, 1.165) is 31.1 Å². The highest BCUT2D eigenvalue weighted by Gasteiger charge is 2.24. The van der Waals surface area contributed by atoms with Crippen LogP contribution in [0.2, 0.25) is 0 Å². The Balaban J connectivity index is 1.66. The maximum atomic E-state index is 8.93. The number of nitrogens with zero attached hydrogens (tertiary/aromatic N) is 7. The Morgan fingerprint density at radius 3 is 3.00 bits per heavy atom. The van der Waals surface area contributed by atoms with E-state index in [9.17, 15) is 0 Å². The van der Waals surface area contributed by atoms with Crippen molar-refractivity contribution < 1.29 is 0 Å². The average Bonchev–Trinajstić information content (AvgIpc) is 3.03. The zero-order valence-electron chi connectivity index (χ0n) is 13.1. The topological polar surface area (TPSA) is 93.9 Å². The fourth-order valence-electron chi connectivity index (χ4n) is 2.50. The Bertz CT molecular complexity index is 723. The fourth-order valence-corrected chi connectivity index (χ4v) is 2.50. The van der Waals surface area contributed by atoms with Gasteiger partial charge in [-0.05, 0) is 12.5 Å². The number of nitriles is 1. The second kappa shape index (κ2) is 6.44. The molecule has 2 aromatic heterocycles. The van der Waals surface area contributed by atoms with E-state index < -0.39 is 0 Å². The molecule has 0 spiro atoms. The molecular weight excluding hydrogens is 292 g/mol. The van der Waals surface area contributed by atoms with Crippen LogP contribution in [0.4, 0.5) is 17.6 Å². The molecule has 0 saturated carbocycles. The Morgan fingerprint density at radius 1 is 1.35 bits per heavy atom. The van der Waals surface area contributed by atoms with Crippen LogP contribution in [0.5, 0.6) is 0 Å². The van der Waals surface area contributed by atoms with Crippen molar-refractivity contribution in [3.8, 4) is 6.07 Å². The number of hydrogen-bond acceptors (Lipinski definition) is 8. The number of rotatable bonds is 4. The van der Waals surface area contributed by atoms with Gasteiger partial charge in [0.1, 0.15) is 29.7 Å². The summed E-state index contributed by atoms with van der Waals surface area (Å²) in [5.74, 6) is 2.27. The summed E-state index contributed by atoms with van der Waals surface area (Å²) in [6, 6.07) is 5.84. The predicted octanol–water partition coefficient (Wildman–Crippen LogP) is 0.895. The molecule has 0 radical (unpaired) electrons. The molecule has 0 bridgehead atoms. The summed E-state index contributed by atoms with van der Waals surface area (Å²) < 4.78 is 0. The lowest BCUT2D eigenvalue weighted by Crippen LogP contribution is -2.27. The first kappa shape index (κ1) is 15.0. The Morgan fingerprint density at radius 2 is 2.22 bits per heavy atom. The van der Waals surface area contributed by atoms with Gasteiger partial charge in [-0.3, -0.25) is 0 Å². The highest BCUT2D eigenvalue weighted by atomic mass is 15.3. The van der Waals surface area contributed by atoms with Crippen molar-refractivity contribution in [1.29, 1.82) is 5.26 Å². The van der Waals surface area contributed by atoms with Crippen molar-refractivity contribution in [2.75, 3.05) is 42.3 Å². The summed E-state index contributed by atoms with van der Waals surface area (Å²) in [6.07, 6.45) is 4.14. The Kier molecular flexibility index (Phi) is 4.19. The second-order valence-electron chi connectivity index (χ2n) is 5.59. The smallest absolute Gasteiger partial charge is 0.226 e. The van der Waals surface area contributed by atoms with Crippen LogP contribution >= 0.6 is 0 Å². The van der Waals surface area contributed by atoms with Crippen molar-refractivity contribution in [1.82, 2.24) is 19.9 Å². The van der Waals surface area contributed by atoms with Crippen LogP contribution in [0.3, 0.4) is 0 Å². The summed E-state index contributed by atoms with van der Waals surface area (Å²) in [4.78, 5) is 21.0. The van der Waals surface area contributed by atoms with Crippen molar-refractivity contribution in [2.45, 2.75) is 12.5 Å². The molecule has 1 aliphatic rings. The zero-order valence-corrected chi connectivity index (χ0v) is 13.1. The molecule has 1 fully saturated rings. The number of anilines is 3. The van der Waals surface area contributed by atoms with E-state index in [-0.39, 0.29) is 6.04 Å². The highest BCUT2D eigenvalue weighted by molar-refractivity contribution is 5.48. The molecule has 3 rings (SSSR count). The van der Waals surface area contributed by atoms with Gasteiger partial charge in [0.05, 0.1) is 0 Å². The third kappa shape index (κ3) is 3.45. The van der Waals surface area contributed by atoms with Crippen molar-refractivity contribution in [3.05, 3.63) is 30.4 Å². The molecule has 1 saturated heterocycles. The molecular formula is C15H18N8. The molecule has 3 heterocycles. The summed E-state index contributed by atoms with van der Waals surface area (Å²) in [5.41, 5.74) is 0.387. The lowest BCUT2D eigenvalue weighted by atomic mass is 10.2. The lowest BCUT2D eigenvalue weighted by Gasteiger charge is -2.18. The van der Waals surface area contributed by atoms with Crippen LogP contribution in [-0.4, -0.2) is 53.2 Å². The van der Waals surface area contributed by atoms with Crippen LogP contribution < -0.4 is 15.1 Å². The lowest BCUT2D eigenvalue weighted by molar-refractivity contribution is 0.796. The third-order valence-electron chi connectivity index (χ3n) is 3.69. The van der Waals surface area contributed by atoms with Crippen LogP contribution in [0.1, 0.15) is 12.1 Å². The summed E-state index contributed by atoms with van der Waals surface area (Å²) in [7, 11) is 3.89. The van der Waals surface area contributed by atoms with Gasteiger partial charge >= 0.3 is 0 Å². The highest BCUT2D eigenvalue weighted by Crippen LogP contribution is 2.20. The zero-order chi connectivity index (χ0) is 16.2. The van der Waals surface area contributed by atoms with Gasteiger partial charge in [-0.2, -0.15) is 5.26 Å². The molecule has 0 aliphatic carbocycles. The average molecular weight is 310 g/mol. The summed E-state index contributed by atoms with van der Waals surface area (Å²) in [6.45, 7) is 1.62. The molecule has 0 amide bonds. The van der Waals surface area contributed by atoms with E-state index in [1.54, 1.807) is 18.6 Å². The molecule has 8 heteroatoms. The van der Waals surface area contributed by atoms with Crippen LogP contribution in [-0.2, 0) is 0 Å². The van der Waals surface area contributed by atoms with Crippen LogP contribution in [0, 0.1) is 11.3 Å². The van der Waals surface area contributed by atoms with Crippen molar-refractivity contribution in [3.63, 3.8) is 0 Å². The minimum atomic E-state index is 0.259. The normalized spacial score (nSPS) is 16.9. The molecule has 1 aliphatic heterocycles. The third-order valence-corrected chi connectivity index (χ3v) is 3.69. The van der Waals surface area contributed by atoms with Gasteiger partial charge in [-0.1, -0.05) is 0 Å². The van der Waals surface area contributed by atoms with Gasteiger partial charge in [-0.15, -0.1) is 0 Å². The number of aromatic nitrogens is 4. The molecule has 1 N–H and O–H groups in total. The van der Waals surface area contributed by atoms with E-state index in [1.165, 1.54) is 0 Å². The number of nitrogens with one attached hydrogen (secondary N) is 1. The molecule has 1 atom stereocenters. The SMILES string of the molecule is CN(C)c1cc(NC2CCN(c3nccc(C#N)n3)C2)ncn1. The standard InChI is InChI=1S/C15H18N8/c1-22(2)14-7-13(18-10-19-14)20-12-4-6-23(9-12)15-17-5-3-11(8-16)21-15/h3,5,7,10,12H,4,6,9H2,1-2H3,(H,18,19,20). The van der Waals surface area contributed by atoms with Gasteiger partial charge in [0.15, 0.2) is 0 Å². The van der Waals surface area contributed by atoms with Gasteiger partial charge in [0, 0.05) is 45.5 Å². The van der Waals surface area contributed by atoms with Gasteiger partial charge in [0.25, 0.3) is 0 Å². The van der Waals surface area contributed by atoms with Crippen molar-refractivity contribution in [2.24, 2.45) is 0 Å². The quantitative estimate of drug-likeness (QED) is 0.890. The maximum absolute atomic E-state index is 8.93. The Hall–Kier alpha value is -2.95. The molecule has 8 nitrogen and oxygen atoms in total. The minimum Gasteiger partial charge on any atom is -0.365 e. The first-order chi connectivity index (χ1) is 11.2. The molecule has 1 unspecified atom stereocenters. The van der Waals surface area contributed by atoms with E-state index >= 15 is 0 Å². The largest absolute Gasteiger partial charge is 0.365 e. The number of hydrogen-bond donors (Lipinski definition) is 1. The first-order valence-corrected chi connectivity index (χ1v) is 7.39. The monoisotopic (exact) mass is 310 g/mol. The molecule has 23 heavy (non-hydrogen) atoms. The Labute approximate surface area is 134 Å². The molecule has 0 aromatic carbocycles.